The van der Waals surface area contributed by atoms with Crippen molar-refractivity contribution in [2.45, 2.75) is 0 Å². The van der Waals surface area contributed by atoms with E-state index >= 15 is 0 Å². The number of hydrogen-bond donors (Lipinski definition) is 0. The van der Waals surface area contributed by atoms with E-state index in [2.05, 4.69) is 4.33 Å². The first-order chi connectivity index (χ1) is 2.56. The molecule has 0 aromatic heterocycles. The Kier molecular flexibility index (Phi) is 6.69. The van der Waals surface area contributed by atoms with E-state index < -0.39 is 10.4 Å². The summed E-state index contributed by atoms with van der Waals surface area (Å²) >= 11 is 0. The first kappa shape index (κ1) is 11.1. The summed E-state index contributed by atoms with van der Waals surface area (Å²) in [6.45, 7) is 0. The van der Waals surface area contributed by atoms with Gasteiger partial charge in [0.25, 0.3) is 0 Å². The zero-order chi connectivity index (χ0) is 5.21. The fourth-order valence-corrected chi connectivity index (χ4v) is 0. The first-order valence-electron chi connectivity index (χ1n) is 0.833. The minimum atomic E-state index is -4.97. The molecule has 0 fully saturated rings. The minimum absolute atomic E-state index is 0. The van der Waals surface area contributed by atoms with Crippen LogP contribution in [-0.4, -0.2) is 13.0 Å². The van der Waals surface area contributed by atoms with Crippen LogP contribution < -0.4 is 5.26 Å². The van der Waals surface area contributed by atoms with Gasteiger partial charge in [-0.25, -0.2) is 8.42 Å². The van der Waals surface area contributed by atoms with Gasteiger partial charge in [-0.3, -0.25) is 0 Å². The second-order valence-electron chi connectivity index (χ2n) is 0.476. The molecular weight excluding hydrogens is 338 g/mol. The van der Waals surface area contributed by atoms with Gasteiger partial charge in [0.05, 0.1) is 0 Å². The van der Waals surface area contributed by atoms with Crippen LogP contribution >= 0.6 is 0 Å². The fraction of sp³-hybridized carbons (Fsp3) is 0. The first-order valence-corrected chi connectivity index (χ1v) is 2.17. The van der Waals surface area contributed by atoms with Crippen LogP contribution in [0.3, 0.4) is 0 Å². The summed E-state index contributed by atoms with van der Waals surface area (Å²) < 4.78 is 28.8. The van der Waals surface area contributed by atoms with Crippen molar-refractivity contribution in [3.8, 4) is 0 Å². The summed E-state index contributed by atoms with van der Waals surface area (Å²) in [6.07, 6.45) is 0. The van der Waals surface area contributed by atoms with Crippen molar-refractivity contribution in [2.75, 3.05) is 0 Å². The van der Waals surface area contributed by atoms with Crippen LogP contribution in [-0.2, 0) is 14.7 Å². The zero-order valence-electron chi connectivity index (χ0n) is 3.16. The third-order valence-electron chi connectivity index (χ3n) is 0.0833. The van der Waals surface area contributed by atoms with Crippen molar-refractivity contribution in [1.29, 1.82) is 0 Å². The Balaban J connectivity index is 0. The van der Waals surface area contributed by atoms with Gasteiger partial charge in [-0.2, -0.15) is 0 Å². The molecule has 0 aliphatic carbocycles. The molecule has 38 valence electrons. The Morgan fingerprint density at radius 2 is 1.57 bits per heavy atom. The van der Waals surface area contributed by atoms with Gasteiger partial charge in [0.1, 0.15) is 0 Å². The fourth-order valence-electron chi connectivity index (χ4n) is 0. The summed E-state index contributed by atoms with van der Waals surface area (Å²) in [6, 6.07) is 0. The van der Waals surface area contributed by atoms with Crippen LogP contribution in [0.15, 0.2) is 0 Å². The smallest absolute Gasteiger partial charge is 0.726 e. The molecule has 0 aromatic rings. The van der Waals surface area contributed by atoms with E-state index in [1.807, 2.05) is 0 Å². The SMILES string of the molecule is O=S(=O)([O-])O[O-].[Ra+2]. The maximum absolute atomic E-state index is 8.91. The molecule has 0 rings (SSSR count). The van der Waals surface area contributed by atoms with Crippen molar-refractivity contribution >= 4 is 10.4 Å². The molecule has 7 heavy (non-hydrogen) atoms. The molecule has 0 saturated carbocycles. The number of hydrogen-bond acceptors (Lipinski definition) is 5. The molecule has 0 N–H and O–H groups in total. The van der Waals surface area contributed by atoms with Crippen LogP contribution in [0.25, 0.3) is 0 Å². The van der Waals surface area contributed by atoms with E-state index in [1.165, 1.54) is 0 Å². The van der Waals surface area contributed by atoms with Crippen molar-refractivity contribution in [3.63, 3.8) is 0 Å². The van der Waals surface area contributed by atoms with Gasteiger partial charge in [-0.05, 0) is 0 Å². The number of rotatable bonds is 1. The molecule has 0 aromatic carbocycles. The molecule has 0 heterocycles. The maximum Gasteiger partial charge on any atom is 2.00 e. The van der Waals surface area contributed by atoms with Crippen LogP contribution in [0.5, 0.6) is 0 Å². The largest absolute Gasteiger partial charge is 2.00 e. The summed E-state index contributed by atoms with van der Waals surface area (Å²) in [5.41, 5.74) is 0. The van der Waals surface area contributed by atoms with Gasteiger partial charge < -0.3 is 14.1 Å². The molecule has 5 nitrogen and oxygen atoms in total. The van der Waals surface area contributed by atoms with Crippen LogP contribution in [0.2, 0.25) is 0 Å². The summed E-state index contributed by atoms with van der Waals surface area (Å²) in [5, 5.41) is 8.55. The molecular formula is O5RaS. The Morgan fingerprint density at radius 1 is 1.43 bits per heavy atom. The molecule has 0 bridgehead atoms. The molecule has 0 radical (unpaired) electrons. The topological polar surface area (TPSA) is 89.5 Å². The molecule has 0 atom stereocenters. The van der Waals surface area contributed by atoms with Gasteiger partial charge in [0.15, 0.2) is 0 Å². The summed E-state index contributed by atoms with van der Waals surface area (Å²) in [5.74, 6) is 0. The van der Waals surface area contributed by atoms with Crippen LogP contribution in [0.1, 0.15) is 0 Å². The molecule has 0 unspecified atom stereocenters. The van der Waals surface area contributed by atoms with Crippen LogP contribution in [0, 0.1) is 45.0 Å². The van der Waals surface area contributed by atoms with E-state index in [4.69, 9.17) is 18.2 Å². The Labute approximate surface area is 77.0 Å². The third-order valence-corrected chi connectivity index (χ3v) is 0.250. The average molecular weight is 338 g/mol. The molecule has 0 amide bonds. The normalized spacial score (nSPS) is 10.0. The molecule has 0 saturated heterocycles. The van der Waals surface area contributed by atoms with Crippen molar-refractivity contribution in [2.24, 2.45) is 0 Å². The third kappa shape index (κ3) is 11.1. The van der Waals surface area contributed by atoms with Crippen LogP contribution in [0.4, 0.5) is 0 Å². The maximum atomic E-state index is 8.91. The quantitative estimate of drug-likeness (QED) is 0.233. The van der Waals surface area contributed by atoms with Gasteiger partial charge >= 0.3 is 45.0 Å². The van der Waals surface area contributed by atoms with E-state index in [0.29, 0.717) is 0 Å². The Bertz CT molecular complexity index is 110. The monoisotopic (exact) mass is 338 g/mol. The Hall–Kier alpha value is 1.30. The predicted octanol–water partition coefficient (Wildman–Crippen LogP) is -2.26. The molecule has 7 heteroatoms. The Morgan fingerprint density at radius 3 is 1.57 bits per heavy atom. The molecule has 0 spiro atoms. The standard InChI is InChI=1S/H2O5S.Ra/c1-5-6(2,3)4;/h1H,(H,2,3,4);/q;+2/p-2. The van der Waals surface area contributed by atoms with E-state index in [0.717, 1.165) is 0 Å². The molecule has 0 aliphatic heterocycles. The van der Waals surface area contributed by atoms with E-state index in [-0.39, 0.29) is 45.0 Å². The van der Waals surface area contributed by atoms with Crippen molar-refractivity contribution in [3.05, 3.63) is 0 Å². The van der Waals surface area contributed by atoms with Crippen molar-refractivity contribution < 1.29 is 67.6 Å². The van der Waals surface area contributed by atoms with Gasteiger partial charge in [-0.15, -0.1) is 0 Å². The van der Waals surface area contributed by atoms with Gasteiger partial charge in [0, 0.05) is 0 Å². The minimum Gasteiger partial charge on any atom is -0.726 e. The van der Waals surface area contributed by atoms with E-state index in [1.54, 1.807) is 0 Å². The second kappa shape index (κ2) is 4.20. The second-order valence-corrected chi connectivity index (χ2v) is 1.43. The summed E-state index contributed by atoms with van der Waals surface area (Å²) in [4.78, 5) is 0. The van der Waals surface area contributed by atoms with Gasteiger partial charge in [0.2, 0.25) is 10.4 Å². The van der Waals surface area contributed by atoms with E-state index in [9.17, 15) is 0 Å². The van der Waals surface area contributed by atoms with Crippen molar-refractivity contribution in [1.82, 2.24) is 0 Å². The predicted molar refractivity (Wildman–Crippen MR) is 10.8 cm³/mol. The zero-order valence-corrected chi connectivity index (χ0v) is 9.79. The summed E-state index contributed by atoms with van der Waals surface area (Å²) in [7, 11) is -4.97. The molecule has 0 aliphatic rings. The average Bonchev–Trinajstić information content (AvgIpc) is 1.35. The van der Waals surface area contributed by atoms with Gasteiger partial charge in [-0.1, -0.05) is 0 Å².